The second-order valence-electron chi connectivity index (χ2n) is 7.37. The first kappa shape index (κ1) is 19.6. The molecule has 0 bridgehead atoms. The fraction of sp³-hybridized carbons (Fsp3) is 0.160. The summed E-state index contributed by atoms with van der Waals surface area (Å²) < 4.78 is 0. The number of carbonyl (C=O) groups is 1. The summed E-state index contributed by atoms with van der Waals surface area (Å²) in [4.78, 5) is 34.8. The monoisotopic (exact) mass is 397 g/mol. The summed E-state index contributed by atoms with van der Waals surface area (Å²) in [6, 6.07) is 25.0. The number of rotatable bonds is 6. The molecule has 0 unspecified atom stereocenters. The summed E-state index contributed by atoms with van der Waals surface area (Å²) in [6.45, 7) is 2.69. The predicted octanol–water partition coefficient (Wildman–Crippen LogP) is 4.00. The SMILES string of the molecule is Cc1ccccc1CC(=O)N(Cc1ccccc1)Cc1nc2ccccc2c(=O)[nH]1. The number of H-pyrrole nitrogens is 1. The van der Waals surface area contributed by atoms with Gasteiger partial charge in [0, 0.05) is 6.54 Å². The molecule has 1 aromatic heterocycles. The van der Waals surface area contributed by atoms with Crippen LogP contribution in [0.5, 0.6) is 0 Å². The molecule has 0 aliphatic rings. The van der Waals surface area contributed by atoms with Crippen LogP contribution in [0.2, 0.25) is 0 Å². The lowest BCUT2D eigenvalue weighted by Crippen LogP contribution is -2.33. The number of aromatic amines is 1. The number of aryl methyl sites for hydroxylation is 1. The fourth-order valence-electron chi connectivity index (χ4n) is 3.51. The Bertz CT molecular complexity index is 1230. The molecule has 5 heteroatoms. The van der Waals surface area contributed by atoms with Crippen LogP contribution in [0.15, 0.2) is 83.7 Å². The number of hydrogen-bond donors (Lipinski definition) is 1. The third kappa shape index (κ3) is 4.46. The average molecular weight is 397 g/mol. The first-order valence-corrected chi connectivity index (χ1v) is 9.94. The summed E-state index contributed by atoms with van der Waals surface area (Å²) in [5.41, 5.74) is 3.55. The van der Waals surface area contributed by atoms with Crippen molar-refractivity contribution in [2.45, 2.75) is 26.4 Å². The van der Waals surface area contributed by atoms with Gasteiger partial charge in [0.2, 0.25) is 5.91 Å². The molecule has 0 radical (unpaired) electrons. The Balaban J connectivity index is 1.64. The Morgan fingerprint density at radius 2 is 1.60 bits per heavy atom. The van der Waals surface area contributed by atoms with E-state index in [0.717, 1.165) is 16.7 Å². The molecule has 4 rings (SSSR count). The van der Waals surface area contributed by atoms with Crippen LogP contribution in [-0.2, 0) is 24.3 Å². The van der Waals surface area contributed by atoms with Gasteiger partial charge in [-0.3, -0.25) is 9.59 Å². The Morgan fingerprint density at radius 1 is 0.900 bits per heavy atom. The first-order chi connectivity index (χ1) is 14.6. The van der Waals surface area contributed by atoms with E-state index in [1.807, 2.05) is 79.7 Å². The van der Waals surface area contributed by atoms with Crippen LogP contribution in [0, 0.1) is 6.92 Å². The highest BCUT2D eigenvalue weighted by atomic mass is 16.2. The summed E-state index contributed by atoms with van der Waals surface area (Å²) in [5, 5.41) is 0.544. The van der Waals surface area contributed by atoms with Crippen molar-refractivity contribution in [3.63, 3.8) is 0 Å². The highest BCUT2D eigenvalue weighted by Crippen LogP contribution is 2.14. The summed E-state index contributed by atoms with van der Waals surface area (Å²) >= 11 is 0. The van der Waals surface area contributed by atoms with E-state index in [4.69, 9.17) is 0 Å². The Morgan fingerprint density at radius 3 is 2.40 bits per heavy atom. The molecular weight excluding hydrogens is 374 g/mol. The molecule has 0 aliphatic heterocycles. The molecule has 0 aliphatic carbocycles. The van der Waals surface area contributed by atoms with Crippen LogP contribution in [0.25, 0.3) is 10.9 Å². The number of amides is 1. The van der Waals surface area contributed by atoms with Gasteiger partial charge in [-0.25, -0.2) is 4.98 Å². The van der Waals surface area contributed by atoms with Crippen LogP contribution in [0.1, 0.15) is 22.5 Å². The minimum absolute atomic E-state index is 0.0102. The number of benzene rings is 3. The molecule has 5 nitrogen and oxygen atoms in total. The minimum Gasteiger partial charge on any atom is -0.331 e. The van der Waals surface area contributed by atoms with Crippen LogP contribution < -0.4 is 5.56 Å². The normalized spacial score (nSPS) is 10.8. The van der Waals surface area contributed by atoms with Gasteiger partial charge in [-0.05, 0) is 35.7 Å². The molecule has 0 saturated heterocycles. The summed E-state index contributed by atoms with van der Waals surface area (Å²) in [5.74, 6) is 0.469. The number of para-hydroxylation sites is 1. The maximum atomic E-state index is 13.2. The topological polar surface area (TPSA) is 66.1 Å². The maximum Gasteiger partial charge on any atom is 0.258 e. The highest BCUT2D eigenvalue weighted by Gasteiger charge is 2.18. The van der Waals surface area contributed by atoms with Crippen LogP contribution in [0.4, 0.5) is 0 Å². The highest BCUT2D eigenvalue weighted by molar-refractivity contribution is 5.79. The molecule has 0 fully saturated rings. The van der Waals surface area contributed by atoms with E-state index in [9.17, 15) is 9.59 Å². The van der Waals surface area contributed by atoms with Crippen LogP contribution in [0.3, 0.4) is 0 Å². The van der Waals surface area contributed by atoms with E-state index in [-0.39, 0.29) is 18.0 Å². The summed E-state index contributed by atoms with van der Waals surface area (Å²) in [7, 11) is 0. The van der Waals surface area contributed by atoms with Gasteiger partial charge in [-0.15, -0.1) is 0 Å². The van der Waals surface area contributed by atoms with Crippen molar-refractivity contribution < 1.29 is 4.79 Å². The largest absolute Gasteiger partial charge is 0.331 e. The van der Waals surface area contributed by atoms with Crippen molar-refractivity contribution >= 4 is 16.8 Å². The Hall–Kier alpha value is -3.73. The van der Waals surface area contributed by atoms with Crippen molar-refractivity contribution in [1.29, 1.82) is 0 Å². The van der Waals surface area contributed by atoms with Gasteiger partial charge in [0.15, 0.2) is 0 Å². The minimum atomic E-state index is -0.193. The number of nitrogens with zero attached hydrogens (tertiary/aromatic N) is 2. The smallest absolute Gasteiger partial charge is 0.258 e. The molecule has 0 spiro atoms. The van der Waals surface area contributed by atoms with Crippen LogP contribution >= 0.6 is 0 Å². The van der Waals surface area contributed by atoms with Crippen molar-refractivity contribution in [2.75, 3.05) is 0 Å². The van der Waals surface area contributed by atoms with Crippen LogP contribution in [-0.4, -0.2) is 20.8 Å². The zero-order valence-electron chi connectivity index (χ0n) is 16.8. The third-order valence-electron chi connectivity index (χ3n) is 5.17. The van der Waals surface area contributed by atoms with Crippen molar-refractivity contribution in [3.05, 3.63) is 112 Å². The number of fused-ring (bicyclic) bond motifs is 1. The molecule has 1 N–H and O–H groups in total. The van der Waals surface area contributed by atoms with E-state index >= 15 is 0 Å². The van der Waals surface area contributed by atoms with Gasteiger partial charge in [-0.2, -0.15) is 0 Å². The summed E-state index contributed by atoms with van der Waals surface area (Å²) in [6.07, 6.45) is 0.303. The number of hydrogen-bond acceptors (Lipinski definition) is 3. The van der Waals surface area contributed by atoms with E-state index < -0.39 is 0 Å². The van der Waals surface area contributed by atoms with Gasteiger partial charge in [0.1, 0.15) is 5.82 Å². The molecule has 0 atom stereocenters. The van der Waals surface area contributed by atoms with E-state index in [1.54, 1.807) is 11.0 Å². The Kier molecular flexibility index (Phi) is 5.70. The van der Waals surface area contributed by atoms with Gasteiger partial charge in [0.05, 0.1) is 23.9 Å². The van der Waals surface area contributed by atoms with Gasteiger partial charge in [-0.1, -0.05) is 66.7 Å². The van der Waals surface area contributed by atoms with E-state index in [0.29, 0.717) is 29.7 Å². The van der Waals surface area contributed by atoms with E-state index in [1.165, 1.54) is 0 Å². The predicted molar refractivity (Wildman–Crippen MR) is 118 cm³/mol. The third-order valence-corrected chi connectivity index (χ3v) is 5.17. The number of carbonyl (C=O) groups excluding carboxylic acids is 1. The second kappa shape index (κ2) is 8.74. The molecule has 0 saturated carbocycles. The quantitative estimate of drug-likeness (QED) is 0.535. The molecule has 150 valence electrons. The zero-order valence-corrected chi connectivity index (χ0v) is 16.8. The van der Waals surface area contributed by atoms with Crippen molar-refractivity contribution in [1.82, 2.24) is 14.9 Å². The van der Waals surface area contributed by atoms with Gasteiger partial charge >= 0.3 is 0 Å². The fourth-order valence-corrected chi connectivity index (χ4v) is 3.51. The lowest BCUT2D eigenvalue weighted by atomic mass is 10.0. The van der Waals surface area contributed by atoms with Crippen molar-refractivity contribution in [3.8, 4) is 0 Å². The molecule has 3 aromatic carbocycles. The lowest BCUT2D eigenvalue weighted by Gasteiger charge is -2.23. The number of nitrogens with one attached hydrogen (secondary N) is 1. The zero-order chi connectivity index (χ0) is 20.9. The van der Waals surface area contributed by atoms with Crippen molar-refractivity contribution in [2.24, 2.45) is 0 Å². The molecule has 1 amide bonds. The molecule has 1 heterocycles. The Labute approximate surface area is 175 Å². The van der Waals surface area contributed by atoms with Gasteiger partial charge < -0.3 is 9.88 Å². The standard InChI is InChI=1S/C25H23N3O2/c1-18-9-5-6-12-20(18)15-24(29)28(16-19-10-3-2-4-11-19)17-23-26-22-14-8-7-13-21(22)25(30)27-23/h2-14H,15-17H2,1H3,(H,26,27,30). The first-order valence-electron chi connectivity index (χ1n) is 9.94. The molecule has 4 aromatic rings. The van der Waals surface area contributed by atoms with E-state index in [2.05, 4.69) is 9.97 Å². The lowest BCUT2D eigenvalue weighted by molar-refractivity contribution is -0.131. The number of aromatic nitrogens is 2. The second-order valence-corrected chi connectivity index (χ2v) is 7.37. The average Bonchev–Trinajstić information content (AvgIpc) is 2.76. The molecule has 30 heavy (non-hydrogen) atoms. The maximum absolute atomic E-state index is 13.2. The molecular formula is C25H23N3O2. The van der Waals surface area contributed by atoms with Gasteiger partial charge in [0.25, 0.3) is 5.56 Å².